The van der Waals surface area contributed by atoms with Crippen molar-refractivity contribution >= 4 is 32.7 Å². The monoisotopic (exact) mass is 384 g/mol. The lowest BCUT2D eigenvalue weighted by molar-refractivity contribution is -0.137. The number of anilines is 1. The molecule has 0 unspecified atom stereocenters. The Balaban J connectivity index is 1.75. The van der Waals surface area contributed by atoms with Crippen molar-refractivity contribution < 1.29 is 30.8 Å². The second-order valence-electron chi connectivity index (χ2n) is 5.23. The Morgan fingerprint density at radius 1 is 1.00 bits per heavy atom. The summed E-state index contributed by atoms with van der Waals surface area (Å²) < 4.78 is 69.0. The summed E-state index contributed by atoms with van der Waals surface area (Å²) in [6, 6.07) is 8.81. The second kappa shape index (κ2) is 6.37. The molecular formula is C16H11F3N2O4S. The van der Waals surface area contributed by atoms with Crippen LogP contribution in [0.5, 0.6) is 0 Å². The molecule has 0 aliphatic heterocycles. The first-order chi connectivity index (χ1) is 12.2. The molecule has 0 aliphatic carbocycles. The van der Waals surface area contributed by atoms with Gasteiger partial charge in [0.05, 0.1) is 5.56 Å². The fraction of sp³-hybridized carbons (Fsp3) is 0.0625. The van der Waals surface area contributed by atoms with Crippen molar-refractivity contribution in [1.29, 1.82) is 0 Å². The van der Waals surface area contributed by atoms with Crippen LogP contribution in [-0.2, 0) is 16.2 Å². The molecule has 0 bridgehead atoms. The number of sulfonamides is 1. The Bertz CT molecular complexity index is 1060. The number of rotatable bonds is 3. The van der Waals surface area contributed by atoms with Gasteiger partial charge >= 0.3 is 12.2 Å². The van der Waals surface area contributed by atoms with Crippen LogP contribution < -0.4 is 10.0 Å². The van der Waals surface area contributed by atoms with Crippen LogP contribution in [0.3, 0.4) is 0 Å². The van der Waals surface area contributed by atoms with Crippen molar-refractivity contribution in [3.05, 3.63) is 60.4 Å². The van der Waals surface area contributed by atoms with Gasteiger partial charge in [-0.25, -0.2) is 17.9 Å². The number of furan rings is 1. The third-order valence-corrected chi connectivity index (χ3v) is 4.78. The van der Waals surface area contributed by atoms with Crippen molar-refractivity contribution in [3.8, 4) is 0 Å². The quantitative estimate of drug-likeness (QED) is 0.715. The van der Waals surface area contributed by atoms with E-state index in [1.54, 1.807) is 22.9 Å². The summed E-state index contributed by atoms with van der Waals surface area (Å²) in [5.74, 6) is 0. The number of hydrogen-bond donors (Lipinski definition) is 2. The molecule has 0 fully saturated rings. The van der Waals surface area contributed by atoms with E-state index in [-0.39, 0.29) is 10.6 Å². The molecule has 136 valence electrons. The van der Waals surface area contributed by atoms with Gasteiger partial charge in [-0.05, 0) is 36.4 Å². The average Bonchev–Trinajstić information content (AvgIpc) is 2.98. The summed E-state index contributed by atoms with van der Waals surface area (Å²) in [4.78, 5) is 11.7. The summed E-state index contributed by atoms with van der Waals surface area (Å²) in [6.45, 7) is 0. The van der Waals surface area contributed by atoms with Gasteiger partial charge in [0.25, 0.3) is 10.0 Å². The van der Waals surface area contributed by atoms with Crippen LogP contribution in [-0.4, -0.2) is 14.4 Å². The van der Waals surface area contributed by atoms with E-state index in [1.165, 1.54) is 6.07 Å². The molecule has 6 nitrogen and oxygen atoms in total. The molecule has 0 atom stereocenters. The molecule has 10 heteroatoms. The van der Waals surface area contributed by atoms with Crippen molar-refractivity contribution in [2.75, 3.05) is 5.32 Å². The predicted octanol–water partition coefficient (Wildman–Crippen LogP) is 3.96. The normalized spacial score (nSPS) is 12.1. The summed E-state index contributed by atoms with van der Waals surface area (Å²) in [5.41, 5.74) is -0.556. The van der Waals surface area contributed by atoms with Crippen LogP contribution in [0.25, 0.3) is 11.0 Å². The van der Waals surface area contributed by atoms with E-state index in [1.807, 2.05) is 0 Å². The molecule has 0 aliphatic rings. The molecule has 0 radical (unpaired) electrons. The lowest BCUT2D eigenvalue weighted by Crippen LogP contribution is -2.34. The van der Waals surface area contributed by atoms with Crippen molar-refractivity contribution in [3.63, 3.8) is 0 Å². The number of fused-ring (bicyclic) bond motifs is 1. The topological polar surface area (TPSA) is 88.4 Å². The van der Waals surface area contributed by atoms with Gasteiger partial charge in [-0.2, -0.15) is 13.2 Å². The van der Waals surface area contributed by atoms with Crippen LogP contribution in [0, 0.1) is 0 Å². The summed E-state index contributed by atoms with van der Waals surface area (Å²) >= 11 is 0. The zero-order valence-corrected chi connectivity index (χ0v) is 13.7. The molecule has 0 spiro atoms. The predicted molar refractivity (Wildman–Crippen MR) is 87.0 cm³/mol. The number of nitrogens with one attached hydrogen (secondary N) is 2. The minimum absolute atomic E-state index is 0.00255. The largest absolute Gasteiger partial charge is 0.463 e. The number of hydrogen-bond acceptors (Lipinski definition) is 4. The third kappa shape index (κ3) is 3.64. The standard InChI is InChI=1S/C16H11F3N2O4S/c17-16(18,19)10-5-7-11(8-6-10)20-15(22)21-26(23,24)14-9-25-13-4-2-1-3-12(13)14/h1-9H,(H2,20,21,22). The summed E-state index contributed by atoms with van der Waals surface area (Å²) in [5, 5.41) is 2.45. The number of amides is 2. The number of carbonyl (C=O) groups is 1. The van der Waals surface area contributed by atoms with E-state index in [0.29, 0.717) is 11.0 Å². The highest BCUT2D eigenvalue weighted by Crippen LogP contribution is 2.30. The maximum Gasteiger partial charge on any atom is 0.416 e. The van der Waals surface area contributed by atoms with E-state index in [4.69, 9.17) is 4.42 Å². The molecule has 0 saturated heterocycles. The van der Waals surface area contributed by atoms with Crippen LogP contribution in [0.15, 0.2) is 64.1 Å². The highest BCUT2D eigenvalue weighted by Gasteiger charge is 2.30. The first-order valence-electron chi connectivity index (χ1n) is 7.14. The Kier molecular flexibility index (Phi) is 4.36. The van der Waals surface area contributed by atoms with Crippen molar-refractivity contribution in [1.82, 2.24) is 4.72 Å². The molecule has 3 rings (SSSR count). The zero-order valence-electron chi connectivity index (χ0n) is 12.9. The van der Waals surface area contributed by atoms with E-state index >= 15 is 0 Å². The smallest absolute Gasteiger partial charge is 0.416 e. The van der Waals surface area contributed by atoms with Gasteiger partial charge in [-0.1, -0.05) is 12.1 Å². The maximum absolute atomic E-state index is 12.5. The van der Waals surface area contributed by atoms with Gasteiger partial charge < -0.3 is 9.73 Å². The number of benzene rings is 2. The minimum atomic E-state index is -4.51. The van der Waals surface area contributed by atoms with Crippen LogP contribution in [0.4, 0.5) is 23.7 Å². The lowest BCUT2D eigenvalue weighted by Gasteiger charge is -2.10. The van der Waals surface area contributed by atoms with Crippen LogP contribution in [0.2, 0.25) is 0 Å². The van der Waals surface area contributed by atoms with Gasteiger partial charge in [-0.3, -0.25) is 0 Å². The number of carbonyl (C=O) groups excluding carboxylic acids is 1. The second-order valence-corrected chi connectivity index (χ2v) is 6.88. The molecule has 0 saturated carbocycles. The average molecular weight is 384 g/mol. The zero-order chi connectivity index (χ0) is 18.9. The first kappa shape index (κ1) is 17.8. The number of alkyl halides is 3. The molecule has 26 heavy (non-hydrogen) atoms. The van der Waals surface area contributed by atoms with Gasteiger partial charge in [0.15, 0.2) is 0 Å². The number of para-hydroxylation sites is 1. The highest BCUT2D eigenvalue weighted by atomic mass is 32.2. The van der Waals surface area contributed by atoms with Gasteiger partial charge in [0, 0.05) is 11.1 Å². The van der Waals surface area contributed by atoms with E-state index in [9.17, 15) is 26.4 Å². The fourth-order valence-electron chi connectivity index (χ4n) is 2.24. The van der Waals surface area contributed by atoms with E-state index < -0.39 is 27.8 Å². The van der Waals surface area contributed by atoms with E-state index in [0.717, 1.165) is 30.5 Å². The highest BCUT2D eigenvalue weighted by molar-refractivity contribution is 7.90. The SMILES string of the molecule is O=C(Nc1ccc(C(F)(F)F)cc1)NS(=O)(=O)c1coc2ccccc12. The molecule has 3 aromatic rings. The van der Waals surface area contributed by atoms with Crippen LogP contribution in [0.1, 0.15) is 5.56 Å². The van der Waals surface area contributed by atoms with Crippen molar-refractivity contribution in [2.24, 2.45) is 0 Å². The Morgan fingerprint density at radius 2 is 1.65 bits per heavy atom. The Hall–Kier alpha value is -3.01. The van der Waals surface area contributed by atoms with Gasteiger partial charge in [-0.15, -0.1) is 0 Å². The molecule has 2 aromatic carbocycles. The van der Waals surface area contributed by atoms with Gasteiger partial charge in [0.2, 0.25) is 0 Å². The minimum Gasteiger partial charge on any atom is -0.463 e. The molecule has 2 N–H and O–H groups in total. The Morgan fingerprint density at radius 3 is 2.31 bits per heavy atom. The third-order valence-electron chi connectivity index (χ3n) is 3.43. The first-order valence-corrected chi connectivity index (χ1v) is 8.62. The summed E-state index contributed by atoms with van der Waals surface area (Å²) in [7, 11) is -4.23. The van der Waals surface area contributed by atoms with Gasteiger partial charge in [0.1, 0.15) is 16.7 Å². The number of halogens is 3. The summed E-state index contributed by atoms with van der Waals surface area (Å²) in [6.07, 6.45) is -3.51. The van der Waals surface area contributed by atoms with Crippen LogP contribution >= 0.6 is 0 Å². The number of urea groups is 1. The molecule has 2 amide bonds. The Labute approximate surface area is 145 Å². The maximum atomic E-state index is 12.5. The lowest BCUT2D eigenvalue weighted by atomic mass is 10.2. The molecular weight excluding hydrogens is 373 g/mol. The van der Waals surface area contributed by atoms with E-state index in [2.05, 4.69) is 5.32 Å². The molecule has 1 aromatic heterocycles. The molecule has 1 heterocycles. The fourth-order valence-corrected chi connectivity index (χ4v) is 3.28. The van der Waals surface area contributed by atoms with Crippen molar-refractivity contribution in [2.45, 2.75) is 11.1 Å².